The van der Waals surface area contributed by atoms with Gasteiger partial charge in [-0.3, -0.25) is 14.9 Å². The van der Waals surface area contributed by atoms with Crippen LogP contribution in [0.1, 0.15) is 10.4 Å². The maximum absolute atomic E-state index is 12.2. The molecule has 3 rings (SSSR count). The summed E-state index contributed by atoms with van der Waals surface area (Å²) in [5, 5.41) is 12.4. The third-order valence-corrected chi connectivity index (χ3v) is 3.45. The molecule has 2 aromatic carbocycles. The number of Topliss-reactive ketones (excluding diaryl/α,β-unsaturated/α-hetero) is 1. The highest BCUT2D eigenvalue weighted by molar-refractivity contribution is 5.95. The molecule has 108 valence electrons. The van der Waals surface area contributed by atoms with E-state index < -0.39 is 4.92 Å². The summed E-state index contributed by atoms with van der Waals surface area (Å²) in [5.41, 5.74) is 0.726. The number of aromatic nitrogens is 1. The van der Waals surface area contributed by atoms with Gasteiger partial charge in [0.2, 0.25) is 12.3 Å². The number of carbonyl (C=O) groups is 1. The zero-order valence-corrected chi connectivity index (χ0v) is 11.7. The number of nitro groups is 1. The number of ketones is 1. The lowest BCUT2D eigenvalue weighted by Gasteiger charge is -2.00. The van der Waals surface area contributed by atoms with Crippen LogP contribution in [0.5, 0.6) is 0 Å². The van der Waals surface area contributed by atoms with Gasteiger partial charge < -0.3 is 0 Å². The van der Waals surface area contributed by atoms with Crippen LogP contribution < -0.4 is 4.57 Å². The van der Waals surface area contributed by atoms with E-state index in [4.69, 9.17) is 0 Å². The summed E-state index contributed by atoms with van der Waals surface area (Å²) in [6, 6.07) is 15.6. The van der Waals surface area contributed by atoms with Crippen molar-refractivity contribution in [1.29, 1.82) is 0 Å². The smallest absolute Gasteiger partial charge is 0.270 e. The van der Waals surface area contributed by atoms with Crippen molar-refractivity contribution in [3.63, 3.8) is 0 Å². The number of nitrogens with zero attached hydrogens (tertiary/aromatic N) is 2. The summed E-state index contributed by atoms with van der Waals surface area (Å²) in [5.74, 6) is 0.0202. The van der Waals surface area contributed by atoms with E-state index in [1.807, 2.05) is 24.4 Å². The topological polar surface area (TPSA) is 64.1 Å². The Kier molecular flexibility index (Phi) is 3.62. The van der Waals surface area contributed by atoms with E-state index in [-0.39, 0.29) is 18.0 Å². The lowest BCUT2D eigenvalue weighted by molar-refractivity contribution is -0.681. The number of carbonyl (C=O) groups excluding carboxylic acids is 1. The van der Waals surface area contributed by atoms with Crippen molar-refractivity contribution in [3.05, 3.63) is 82.7 Å². The Labute approximate surface area is 126 Å². The molecule has 0 aliphatic rings. The maximum Gasteiger partial charge on any atom is 0.270 e. The summed E-state index contributed by atoms with van der Waals surface area (Å²) in [6.07, 6.45) is 3.58. The van der Waals surface area contributed by atoms with Gasteiger partial charge in [-0.25, -0.2) is 0 Å². The van der Waals surface area contributed by atoms with Crippen LogP contribution >= 0.6 is 0 Å². The maximum atomic E-state index is 12.2. The van der Waals surface area contributed by atoms with Crippen LogP contribution in [0.25, 0.3) is 10.8 Å². The van der Waals surface area contributed by atoms with Gasteiger partial charge in [0, 0.05) is 34.5 Å². The Morgan fingerprint density at radius 1 is 1.05 bits per heavy atom. The average molecular weight is 293 g/mol. The molecule has 0 saturated carbocycles. The molecule has 1 aromatic heterocycles. The van der Waals surface area contributed by atoms with E-state index in [9.17, 15) is 14.9 Å². The number of nitro benzene ring substituents is 1. The molecular formula is C17H13N2O3+. The van der Waals surface area contributed by atoms with Gasteiger partial charge >= 0.3 is 0 Å². The minimum atomic E-state index is -0.417. The molecule has 0 spiro atoms. The van der Waals surface area contributed by atoms with E-state index >= 15 is 0 Å². The van der Waals surface area contributed by atoms with Gasteiger partial charge in [-0.05, 0) is 6.07 Å². The second kappa shape index (κ2) is 5.73. The molecule has 0 saturated heterocycles. The first-order chi connectivity index (χ1) is 10.6. The number of rotatable bonds is 4. The van der Waals surface area contributed by atoms with E-state index in [0.717, 1.165) is 10.8 Å². The fourth-order valence-electron chi connectivity index (χ4n) is 2.31. The molecule has 5 nitrogen and oxygen atoms in total. The molecule has 0 aliphatic heterocycles. The van der Waals surface area contributed by atoms with Crippen LogP contribution in [-0.4, -0.2) is 10.7 Å². The quantitative estimate of drug-likeness (QED) is 0.321. The normalized spacial score (nSPS) is 10.5. The highest BCUT2D eigenvalue weighted by Gasteiger charge is 2.13. The van der Waals surface area contributed by atoms with E-state index in [2.05, 4.69) is 0 Å². The van der Waals surface area contributed by atoms with Crippen molar-refractivity contribution in [3.8, 4) is 0 Å². The molecule has 3 aromatic rings. The first-order valence-electron chi connectivity index (χ1n) is 6.79. The summed E-state index contributed by atoms with van der Waals surface area (Å²) in [4.78, 5) is 22.5. The van der Waals surface area contributed by atoms with E-state index in [0.29, 0.717) is 5.56 Å². The van der Waals surface area contributed by atoms with Gasteiger partial charge in [-0.15, -0.1) is 0 Å². The summed E-state index contributed by atoms with van der Waals surface area (Å²) < 4.78 is 1.78. The van der Waals surface area contributed by atoms with Gasteiger partial charge in [-0.1, -0.05) is 30.3 Å². The highest BCUT2D eigenvalue weighted by atomic mass is 16.6. The third kappa shape index (κ3) is 2.83. The lowest BCUT2D eigenvalue weighted by atomic mass is 10.1. The molecule has 1 heterocycles. The SMILES string of the molecule is O=C(C[n+]1ccc2cc([N+](=O)[O-])ccc2c1)c1ccccc1. The fourth-order valence-corrected chi connectivity index (χ4v) is 2.31. The standard InChI is InChI=1S/C17H13N2O3/c20-17(13-4-2-1-3-5-13)12-18-9-8-14-10-16(19(21)22)7-6-15(14)11-18/h1-11H,12H2/q+1. The Bertz CT molecular complexity index is 860. The lowest BCUT2D eigenvalue weighted by Crippen LogP contribution is -2.37. The van der Waals surface area contributed by atoms with Crippen LogP contribution in [0.2, 0.25) is 0 Å². The molecule has 0 bridgehead atoms. The van der Waals surface area contributed by atoms with Crippen molar-refractivity contribution in [2.45, 2.75) is 6.54 Å². The summed E-state index contributed by atoms with van der Waals surface area (Å²) >= 11 is 0. The molecule has 22 heavy (non-hydrogen) atoms. The number of benzene rings is 2. The molecule has 0 unspecified atom stereocenters. The molecule has 0 radical (unpaired) electrons. The van der Waals surface area contributed by atoms with Crippen LogP contribution in [0.4, 0.5) is 5.69 Å². The Hall–Kier alpha value is -3.08. The molecule has 0 fully saturated rings. The Morgan fingerprint density at radius 2 is 1.82 bits per heavy atom. The predicted octanol–water partition coefficient (Wildman–Crippen LogP) is 2.92. The first-order valence-corrected chi connectivity index (χ1v) is 6.79. The number of pyridine rings is 1. The van der Waals surface area contributed by atoms with Crippen LogP contribution in [-0.2, 0) is 6.54 Å². The predicted molar refractivity (Wildman–Crippen MR) is 81.6 cm³/mol. The molecular weight excluding hydrogens is 280 g/mol. The summed E-state index contributed by atoms with van der Waals surface area (Å²) in [6.45, 7) is 0.233. The first kappa shape index (κ1) is 13.9. The van der Waals surface area contributed by atoms with Crippen LogP contribution in [0.3, 0.4) is 0 Å². The minimum absolute atomic E-state index is 0.0202. The zero-order valence-electron chi connectivity index (χ0n) is 11.7. The third-order valence-electron chi connectivity index (χ3n) is 3.45. The van der Waals surface area contributed by atoms with Gasteiger partial charge in [0.1, 0.15) is 0 Å². The van der Waals surface area contributed by atoms with Crippen molar-refractivity contribution < 1.29 is 14.3 Å². The van der Waals surface area contributed by atoms with Crippen molar-refractivity contribution in [2.24, 2.45) is 0 Å². The molecule has 0 amide bonds. The summed E-state index contributed by atoms with van der Waals surface area (Å²) in [7, 11) is 0. The highest BCUT2D eigenvalue weighted by Crippen LogP contribution is 2.19. The van der Waals surface area contributed by atoms with Gasteiger partial charge in [0.25, 0.3) is 5.69 Å². The van der Waals surface area contributed by atoms with Crippen LogP contribution in [0, 0.1) is 10.1 Å². The number of fused-ring (bicyclic) bond motifs is 1. The zero-order chi connectivity index (χ0) is 15.5. The Morgan fingerprint density at radius 3 is 2.55 bits per heavy atom. The second-order valence-electron chi connectivity index (χ2n) is 4.98. The largest absolute Gasteiger partial charge is 0.287 e. The number of hydrogen-bond donors (Lipinski definition) is 0. The van der Waals surface area contributed by atoms with Gasteiger partial charge in [0.15, 0.2) is 12.4 Å². The van der Waals surface area contributed by atoms with Crippen molar-refractivity contribution in [1.82, 2.24) is 0 Å². The van der Waals surface area contributed by atoms with E-state index in [1.165, 1.54) is 12.1 Å². The van der Waals surface area contributed by atoms with E-state index in [1.54, 1.807) is 35.0 Å². The number of non-ortho nitro benzene ring substituents is 1. The molecule has 0 atom stereocenters. The molecule has 5 heteroatoms. The Balaban J connectivity index is 1.88. The minimum Gasteiger partial charge on any atom is -0.287 e. The molecule has 0 aliphatic carbocycles. The van der Waals surface area contributed by atoms with Crippen molar-refractivity contribution >= 4 is 22.2 Å². The average Bonchev–Trinajstić information content (AvgIpc) is 2.55. The van der Waals surface area contributed by atoms with Crippen LogP contribution in [0.15, 0.2) is 67.0 Å². The monoisotopic (exact) mass is 293 g/mol. The van der Waals surface area contributed by atoms with Gasteiger partial charge in [-0.2, -0.15) is 4.57 Å². The number of hydrogen-bond acceptors (Lipinski definition) is 3. The molecule has 0 N–H and O–H groups in total. The van der Waals surface area contributed by atoms with Gasteiger partial charge in [0.05, 0.1) is 4.92 Å². The fraction of sp³-hybridized carbons (Fsp3) is 0.0588. The second-order valence-corrected chi connectivity index (χ2v) is 4.98. The van der Waals surface area contributed by atoms with Crippen molar-refractivity contribution in [2.75, 3.05) is 0 Å².